The Hall–Kier alpha value is -2.89. The minimum absolute atomic E-state index is 0.0712. The number of benzene rings is 2. The lowest BCUT2D eigenvalue weighted by Gasteiger charge is -2.15. The van der Waals surface area contributed by atoms with Crippen molar-refractivity contribution in [2.24, 2.45) is 5.41 Å². The smallest absolute Gasteiger partial charge is 0.291 e. The van der Waals surface area contributed by atoms with Crippen LogP contribution in [-0.4, -0.2) is 31.6 Å². The SMILES string of the molecule is COc1ccccc1Oc1ccc(Cl)cc1NS(=O)(=O)c1nnc(NC(=O)C(C)(C)C)s1. The number of sulfonamides is 1. The number of carbonyl (C=O) groups excluding carboxylic acids is 1. The molecule has 2 N–H and O–H groups in total. The predicted molar refractivity (Wildman–Crippen MR) is 123 cm³/mol. The molecule has 170 valence electrons. The minimum atomic E-state index is -4.14. The number of methoxy groups -OCH3 is 1. The average molecular weight is 497 g/mol. The molecular formula is C20H21ClN4O5S2. The molecule has 0 aliphatic rings. The van der Waals surface area contributed by atoms with Crippen molar-refractivity contribution >= 4 is 49.7 Å². The van der Waals surface area contributed by atoms with Gasteiger partial charge in [0.2, 0.25) is 11.0 Å². The fourth-order valence-electron chi connectivity index (χ4n) is 2.33. The number of aromatic nitrogens is 2. The summed E-state index contributed by atoms with van der Waals surface area (Å²) in [5.74, 6) is 0.751. The zero-order valence-corrected chi connectivity index (χ0v) is 20.1. The molecule has 2 aromatic carbocycles. The van der Waals surface area contributed by atoms with Crippen molar-refractivity contribution < 1.29 is 22.7 Å². The fraction of sp³-hybridized carbons (Fsp3) is 0.250. The molecule has 0 saturated heterocycles. The van der Waals surface area contributed by atoms with Crippen molar-refractivity contribution in [1.82, 2.24) is 10.2 Å². The Morgan fingerprint density at radius 2 is 1.75 bits per heavy atom. The Bertz CT molecular complexity index is 1240. The van der Waals surface area contributed by atoms with Crippen molar-refractivity contribution in [3.8, 4) is 17.2 Å². The highest BCUT2D eigenvalue weighted by Gasteiger charge is 2.26. The lowest BCUT2D eigenvalue weighted by atomic mass is 9.96. The number of para-hydroxylation sites is 2. The van der Waals surface area contributed by atoms with E-state index in [0.717, 1.165) is 11.3 Å². The minimum Gasteiger partial charge on any atom is -0.493 e. The van der Waals surface area contributed by atoms with Crippen LogP contribution in [0.3, 0.4) is 0 Å². The molecule has 0 fully saturated rings. The summed E-state index contributed by atoms with van der Waals surface area (Å²) >= 11 is 6.79. The lowest BCUT2D eigenvalue weighted by molar-refractivity contribution is -0.123. The molecule has 12 heteroatoms. The van der Waals surface area contributed by atoms with Crippen molar-refractivity contribution in [3.63, 3.8) is 0 Å². The van der Waals surface area contributed by atoms with Gasteiger partial charge < -0.3 is 14.8 Å². The quantitative estimate of drug-likeness (QED) is 0.452. The van der Waals surface area contributed by atoms with E-state index < -0.39 is 15.4 Å². The number of anilines is 2. The van der Waals surface area contributed by atoms with Crippen molar-refractivity contribution in [3.05, 3.63) is 47.5 Å². The van der Waals surface area contributed by atoms with Crippen LogP contribution in [-0.2, 0) is 14.8 Å². The van der Waals surface area contributed by atoms with Gasteiger partial charge in [0.1, 0.15) is 0 Å². The summed E-state index contributed by atoms with van der Waals surface area (Å²) in [6, 6.07) is 11.4. The number of hydrogen-bond donors (Lipinski definition) is 2. The molecule has 9 nitrogen and oxygen atoms in total. The molecule has 3 aromatic rings. The maximum Gasteiger partial charge on any atom is 0.291 e. The van der Waals surface area contributed by atoms with E-state index in [1.54, 1.807) is 51.1 Å². The number of carbonyl (C=O) groups is 1. The van der Waals surface area contributed by atoms with Crippen LogP contribution in [0.4, 0.5) is 10.8 Å². The summed E-state index contributed by atoms with van der Waals surface area (Å²) in [5.41, 5.74) is -0.576. The number of hydrogen-bond acceptors (Lipinski definition) is 8. The Kier molecular flexibility index (Phi) is 6.91. The Morgan fingerprint density at radius 3 is 2.41 bits per heavy atom. The molecule has 0 spiro atoms. The van der Waals surface area contributed by atoms with E-state index in [2.05, 4.69) is 20.2 Å². The van der Waals surface area contributed by atoms with E-state index in [-0.39, 0.29) is 26.8 Å². The van der Waals surface area contributed by atoms with Crippen LogP contribution in [0.5, 0.6) is 17.2 Å². The van der Waals surface area contributed by atoms with Crippen molar-refractivity contribution in [1.29, 1.82) is 0 Å². The fourth-order valence-corrected chi connectivity index (χ4v) is 4.46. The molecular weight excluding hydrogens is 476 g/mol. The van der Waals surface area contributed by atoms with Crippen LogP contribution in [0.25, 0.3) is 0 Å². The number of rotatable bonds is 7. The summed E-state index contributed by atoms with van der Waals surface area (Å²) in [4.78, 5) is 12.1. The second-order valence-electron chi connectivity index (χ2n) is 7.58. The number of amides is 1. The molecule has 1 heterocycles. The summed E-state index contributed by atoms with van der Waals surface area (Å²) in [5, 5.41) is 10.4. The second-order valence-corrected chi connectivity index (χ2v) is 10.8. The van der Waals surface area contributed by atoms with Gasteiger partial charge in [0.15, 0.2) is 17.2 Å². The first-order valence-corrected chi connectivity index (χ1v) is 12.0. The third-order valence-electron chi connectivity index (χ3n) is 4.01. The summed E-state index contributed by atoms with van der Waals surface area (Å²) in [7, 11) is -2.64. The Morgan fingerprint density at radius 1 is 1.06 bits per heavy atom. The van der Waals surface area contributed by atoms with Crippen LogP contribution in [0.1, 0.15) is 20.8 Å². The van der Waals surface area contributed by atoms with Gasteiger partial charge in [-0.15, -0.1) is 10.2 Å². The molecule has 3 rings (SSSR count). The standard InChI is InChI=1S/C20H21ClN4O5S2/c1-20(2,3)17(26)22-18-23-24-19(31-18)32(27,28)25-13-11-12(21)9-10-14(13)30-16-8-6-5-7-15(16)29-4/h5-11,25H,1-4H3,(H,22,23,26). The number of halogens is 1. The molecule has 32 heavy (non-hydrogen) atoms. The third kappa shape index (κ3) is 5.67. The predicted octanol–water partition coefficient (Wildman–Crippen LogP) is 4.78. The van der Waals surface area contributed by atoms with Gasteiger partial charge in [-0.25, -0.2) is 0 Å². The van der Waals surface area contributed by atoms with Crippen LogP contribution >= 0.6 is 22.9 Å². The van der Waals surface area contributed by atoms with Gasteiger partial charge in [-0.05, 0) is 30.3 Å². The van der Waals surface area contributed by atoms with E-state index in [1.165, 1.54) is 19.2 Å². The largest absolute Gasteiger partial charge is 0.493 e. The van der Waals surface area contributed by atoms with E-state index >= 15 is 0 Å². The number of ether oxygens (including phenoxy) is 2. The molecule has 0 unspecified atom stereocenters. The number of nitrogens with zero attached hydrogens (tertiary/aromatic N) is 2. The lowest BCUT2D eigenvalue weighted by Crippen LogP contribution is -2.27. The van der Waals surface area contributed by atoms with Crippen LogP contribution in [0.2, 0.25) is 5.02 Å². The van der Waals surface area contributed by atoms with Crippen LogP contribution in [0, 0.1) is 5.41 Å². The monoisotopic (exact) mass is 496 g/mol. The first-order valence-electron chi connectivity index (χ1n) is 9.28. The van der Waals surface area contributed by atoms with E-state index in [4.69, 9.17) is 21.1 Å². The zero-order valence-electron chi connectivity index (χ0n) is 17.7. The van der Waals surface area contributed by atoms with Gasteiger partial charge in [0.05, 0.1) is 12.8 Å². The van der Waals surface area contributed by atoms with Gasteiger partial charge in [-0.3, -0.25) is 9.52 Å². The van der Waals surface area contributed by atoms with E-state index in [0.29, 0.717) is 16.5 Å². The van der Waals surface area contributed by atoms with Gasteiger partial charge >= 0.3 is 0 Å². The normalized spacial score (nSPS) is 11.7. The van der Waals surface area contributed by atoms with Gasteiger partial charge in [0, 0.05) is 10.4 Å². The molecule has 0 aliphatic carbocycles. The first-order chi connectivity index (χ1) is 15.0. The topological polar surface area (TPSA) is 120 Å². The zero-order chi connectivity index (χ0) is 23.5. The molecule has 1 aromatic heterocycles. The highest BCUT2D eigenvalue weighted by molar-refractivity contribution is 7.94. The summed E-state index contributed by atoms with van der Waals surface area (Å²) < 4.78 is 39.0. The maximum absolute atomic E-state index is 12.9. The van der Waals surface area contributed by atoms with Crippen LogP contribution < -0.4 is 19.5 Å². The molecule has 0 aliphatic heterocycles. The highest BCUT2D eigenvalue weighted by atomic mass is 35.5. The highest BCUT2D eigenvalue weighted by Crippen LogP contribution is 2.37. The molecule has 0 atom stereocenters. The maximum atomic E-state index is 12.9. The van der Waals surface area contributed by atoms with Crippen molar-refractivity contribution in [2.75, 3.05) is 17.1 Å². The second kappa shape index (κ2) is 9.31. The number of nitrogens with one attached hydrogen (secondary N) is 2. The molecule has 0 saturated carbocycles. The molecule has 0 radical (unpaired) electrons. The average Bonchev–Trinajstić information content (AvgIpc) is 3.19. The first kappa shape index (κ1) is 23.8. The molecule has 0 bridgehead atoms. The van der Waals surface area contributed by atoms with Gasteiger partial charge in [-0.1, -0.05) is 55.8 Å². The molecule has 1 amide bonds. The van der Waals surface area contributed by atoms with Crippen molar-refractivity contribution in [2.45, 2.75) is 25.1 Å². The summed E-state index contributed by atoms with van der Waals surface area (Å²) in [6.07, 6.45) is 0. The van der Waals surface area contributed by atoms with E-state index in [1.807, 2.05) is 0 Å². The van der Waals surface area contributed by atoms with Crippen LogP contribution in [0.15, 0.2) is 46.8 Å². The van der Waals surface area contributed by atoms with E-state index in [9.17, 15) is 13.2 Å². The Labute approximate surface area is 194 Å². The third-order valence-corrected chi connectivity index (χ3v) is 6.82. The summed E-state index contributed by atoms with van der Waals surface area (Å²) in [6.45, 7) is 5.18. The van der Waals surface area contributed by atoms with Gasteiger partial charge in [0.25, 0.3) is 14.4 Å². The Balaban J connectivity index is 1.87. The van der Waals surface area contributed by atoms with Gasteiger partial charge in [-0.2, -0.15) is 8.42 Å².